The minimum absolute atomic E-state index is 0.158. The highest BCUT2D eigenvalue weighted by Crippen LogP contribution is 2.58. The molecule has 3 spiro atoms. The normalized spacial score (nSPS) is 17.1. The van der Waals surface area contributed by atoms with Gasteiger partial charge in [0.2, 0.25) is 0 Å². The molecule has 0 unspecified atom stereocenters. The number of phenols is 4. The highest BCUT2D eigenvalue weighted by molar-refractivity contribution is 5.82. The molecule has 0 atom stereocenters. The van der Waals surface area contributed by atoms with Gasteiger partial charge in [0, 0.05) is 68.8 Å². The lowest BCUT2D eigenvalue weighted by Gasteiger charge is -2.46. The summed E-state index contributed by atoms with van der Waals surface area (Å²) in [6.07, 6.45) is 11.1. The minimum atomic E-state index is -0.386. The van der Waals surface area contributed by atoms with E-state index in [9.17, 15) is 20.4 Å². The summed E-state index contributed by atoms with van der Waals surface area (Å²) in [6.45, 7) is 25.3. The molecule has 4 N–H and O–H groups in total. The van der Waals surface area contributed by atoms with E-state index in [1.54, 1.807) is 36.4 Å². The molecule has 4 aliphatic heterocycles. The molecule has 8 heteroatoms. The van der Waals surface area contributed by atoms with Gasteiger partial charge >= 0.3 is 0 Å². The number of rotatable bonds is 1. The molecule has 7 aliphatic rings. The van der Waals surface area contributed by atoms with E-state index < -0.39 is 0 Å². The van der Waals surface area contributed by atoms with Gasteiger partial charge in [0.15, 0.2) is 0 Å². The zero-order chi connectivity index (χ0) is 57.9. The lowest BCUT2D eigenvalue weighted by atomic mass is 9.70. The molecule has 3 saturated carbocycles. The number of aromatic hydroxyl groups is 4. The highest BCUT2D eigenvalue weighted by atomic mass is 16.5. The van der Waals surface area contributed by atoms with Crippen LogP contribution in [0.2, 0.25) is 0 Å². The second-order valence-corrected chi connectivity index (χ2v) is 25.2. The number of fused-ring (bicyclic) bond motifs is 15. The molecule has 0 saturated heterocycles. The Labute approximate surface area is 484 Å². The SMILES string of the molecule is CCc1cc2c(cc1C)C1(CCC1)Oc1cc(O)ccc1-2.Cc1cc2c(cc1C)C(C)(C)Oc1cc(O)c(C)cc1-2.Cc1cc2c(cc1C)C1(CCC1)Oc1cc(O)c(C)cc1-2.Cc1cc2c(cc1C)C1(CCC1)Oc1cc(O)ccc1-2. The summed E-state index contributed by atoms with van der Waals surface area (Å²) in [6, 6.07) is 36.7. The molecule has 8 aromatic rings. The maximum Gasteiger partial charge on any atom is 0.135 e. The van der Waals surface area contributed by atoms with Gasteiger partial charge in [0.05, 0.1) is 0 Å². The van der Waals surface area contributed by atoms with Gasteiger partial charge in [-0.2, -0.15) is 0 Å². The van der Waals surface area contributed by atoms with E-state index in [1.165, 1.54) is 108 Å². The highest BCUT2D eigenvalue weighted by Gasteiger charge is 2.49. The Kier molecular flexibility index (Phi) is 13.3. The Bertz CT molecular complexity index is 3900. The monoisotopic (exact) mass is 1090 g/mol. The fraction of sp³-hybridized carbons (Fsp3) is 0.351. The molecule has 82 heavy (non-hydrogen) atoms. The fourth-order valence-electron chi connectivity index (χ4n) is 13.4. The summed E-state index contributed by atoms with van der Waals surface area (Å²) in [7, 11) is 0. The Hall–Kier alpha value is -7.84. The molecule has 422 valence electrons. The maximum atomic E-state index is 10.0. The van der Waals surface area contributed by atoms with Crippen molar-refractivity contribution in [2.45, 2.75) is 170 Å². The van der Waals surface area contributed by atoms with Gasteiger partial charge in [-0.05, 0) is 255 Å². The van der Waals surface area contributed by atoms with Crippen molar-refractivity contribution < 1.29 is 39.4 Å². The molecular formula is C74H78O8. The minimum Gasteiger partial charge on any atom is -0.508 e. The first-order valence-corrected chi connectivity index (χ1v) is 29.6. The van der Waals surface area contributed by atoms with Crippen molar-refractivity contribution in [2.24, 2.45) is 0 Å². The lowest BCUT2D eigenvalue weighted by Crippen LogP contribution is -2.42. The zero-order valence-electron chi connectivity index (χ0n) is 49.9. The predicted octanol–water partition coefficient (Wildman–Crippen LogP) is 18.5. The molecule has 15 rings (SSSR count). The van der Waals surface area contributed by atoms with E-state index in [0.717, 1.165) is 101 Å². The second kappa shape index (κ2) is 20.0. The predicted molar refractivity (Wildman–Crippen MR) is 328 cm³/mol. The number of aryl methyl sites for hydroxylation is 10. The summed E-state index contributed by atoms with van der Waals surface area (Å²) in [5, 5.41) is 39.4. The molecule has 8 nitrogen and oxygen atoms in total. The van der Waals surface area contributed by atoms with E-state index in [-0.39, 0.29) is 39.7 Å². The number of benzene rings is 8. The third-order valence-electron chi connectivity index (χ3n) is 19.3. The van der Waals surface area contributed by atoms with Crippen LogP contribution in [0.15, 0.2) is 109 Å². The van der Waals surface area contributed by atoms with Crippen LogP contribution >= 0.6 is 0 Å². The molecule has 3 fully saturated rings. The van der Waals surface area contributed by atoms with Crippen molar-refractivity contribution in [2.75, 3.05) is 0 Å². The third kappa shape index (κ3) is 9.12. The summed E-state index contributed by atoms with van der Waals surface area (Å²) < 4.78 is 25.1. The van der Waals surface area contributed by atoms with E-state index in [4.69, 9.17) is 18.9 Å². The smallest absolute Gasteiger partial charge is 0.135 e. The molecule has 0 amide bonds. The van der Waals surface area contributed by atoms with Crippen LogP contribution in [-0.4, -0.2) is 20.4 Å². The van der Waals surface area contributed by atoms with Gasteiger partial charge < -0.3 is 39.4 Å². The molecule has 4 heterocycles. The number of phenolic OH excluding ortho intramolecular Hbond substituents is 4. The fourth-order valence-corrected chi connectivity index (χ4v) is 13.4. The molecule has 0 radical (unpaired) electrons. The van der Waals surface area contributed by atoms with Gasteiger partial charge in [0.1, 0.15) is 68.4 Å². The van der Waals surface area contributed by atoms with Crippen molar-refractivity contribution in [3.63, 3.8) is 0 Å². The van der Waals surface area contributed by atoms with Crippen LogP contribution in [0.1, 0.15) is 156 Å². The number of hydrogen-bond acceptors (Lipinski definition) is 8. The van der Waals surface area contributed by atoms with Gasteiger partial charge in [-0.3, -0.25) is 0 Å². The van der Waals surface area contributed by atoms with Gasteiger partial charge in [-0.15, -0.1) is 0 Å². The van der Waals surface area contributed by atoms with Crippen LogP contribution in [-0.2, 0) is 28.8 Å². The standard InChI is InChI=1S/2C19H20O2.C18H18O2.C18H20O2/c1-11-7-14-15-8-13(3)17(20)10-18(15)21-19(5-4-6-19)16(14)9-12(11)2;1-3-13-10-16-15-6-5-14(20)11-18(15)21-19(7-4-8-19)17(16)9-12(13)2;1-11-8-15-14-5-4-13(19)10-17(14)20-18(6-3-7-18)16(15)9-12(11)2;1-10-6-13-14-7-12(3)16(19)9-17(14)20-18(4,5)15(13)8-11(10)2/h7-10,20H,4-6H2,1-3H3;5-6,9-11,20H,3-4,7-8H2,1-2H3;4-5,8-10,19H,3,6-7H2,1-2H3;6-9,19H,1-5H3. The zero-order valence-corrected chi connectivity index (χ0v) is 49.9. The van der Waals surface area contributed by atoms with Crippen LogP contribution in [0.25, 0.3) is 44.5 Å². The Morgan fingerprint density at radius 3 is 1.04 bits per heavy atom. The number of hydrogen-bond donors (Lipinski definition) is 4. The molecule has 0 aromatic heterocycles. The van der Waals surface area contributed by atoms with Crippen LogP contribution in [0.3, 0.4) is 0 Å². The Morgan fingerprint density at radius 2 is 0.646 bits per heavy atom. The Morgan fingerprint density at radius 1 is 0.329 bits per heavy atom. The average Bonchev–Trinajstić information content (AvgIpc) is 1.86. The molecule has 0 bridgehead atoms. The molecule has 3 aliphatic carbocycles. The topological polar surface area (TPSA) is 118 Å². The second-order valence-electron chi connectivity index (χ2n) is 25.2. The average molecular weight is 1100 g/mol. The van der Waals surface area contributed by atoms with E-state index in [2.05, 4.69) is 118 Å². The van der Waals surface area contributed by atoms with Crippen LogP contribution in [0.4, 0.5) is 0 Å². The lowest BCUT2D eigenvalue weighted by molar-refractivity contribution is -0.0147. The Balaban J connectivity index is 0.000000108. The van der Waals surface area contributed by atoms with Crippen molar-refractivity contribution in [1.82, 2.24) is 0 Å². The van der Waals surface area contributed by atoms with Crippen molar-refractivity contribution in [3.05, 3.63) is 187 Å². The van der Waals surface area contributed by atoms with E-state index in [1.807, 2.05) is 38.1 Å². The summed E-state index contributed by atoms with van der Waals surface area (Å²) in [5.41, 5.74) is 26.1. The first-order chi connectivity index (χ1) is 39.0. The molecular weight excluding hydrogens is 1020 g/mol. The van der Waals surface area contributed by atoms with Crippen LogP contribution < -0.4 is 18.9 Å². The van der Waals surface area contributed by atoms with Crippen LogP contribution in [0, 0.1) is 62.3 Å². The van der Waals surface area contributed by atoms with Gasteiger partial charge in [-0.25, -0.2) is 0 Å². The van der Waals surface area contributed by atoms with Gasteiger partial charge in [0.25, 0.3) is 0 Å². The van der Waals surface area contributed by atoms with Crippen molar-refractivity contribution in [3.8, 4) is 90.5 Å². The van der Waals surface area contributed by atoms with Crippen LogP contribution in [0.5, 0.6) is 46.0 Å². The summed E-state index contributed by atoms with van der Waals surface area (Å²) in [4.78, 5) is 0. The quantitative estimate of drug-likeness (QED) is 0.128. The molecule has 8 aromatic carbocycles. The third-order valence-corrected chi connectivity index (χ3v) is 19.3. The van der Waals surface area contributed by atoms with E-state index >= 15 is 0 Å². The van der Waals surface area contributed by atoms with Gasteiger partial charge in [-0.1, -0.05) is 55.5 Å². The van der Waals surface area contributed by atoms with Crippen molar-refractivity contribution in [1.29, 1.82) is 0 Å². The largest absolute Gasteiger partial charge is 0.508 e. The van der Waals surface area contributed by atoms with Crippen molar-refractivity contribution >= 4 is 0 Å². The maximum absolute atomic E-state index is 10.0. The summed E-state index contributed by atoms with van der Waals surface area (Å²) in [5.74, 6) is 4.37. The van der Waals surface area contributed by atoms with E-state index in [0.29, 0.717) is 5.75 Å². The first-order valence-electron chi connectivity index (χ1n) is 29.6. The summed E-state index contributed by atoms with van der Waals surface area (Å²) >= 11 is 0. The number of ether oxygens (including phenoxy) is 4. The first kappa shape index (κ1) is 54.7.